The minimum atomic E-state index is -4.30. The molecule has 0 radical (unpaired) electrons. The van der Waals surface area contributed by atoms with E-state index in [1.165, 1.54) is 12.1 Å². The van der Waals surface area contributed by atoms with Crippen molar-refractivity contribution in [3.8, 4) is 11.3 Å². The summed E-state index contributed by atoms with van der Waals surface area (Å²) >= 11 is 0. The highest BCUT2D eigenvalue weighted by atomic mass is 19.4. The fourth-order valence-electron chi connectivity index (χ4n) is 2.30. The number of hydrogen-bond acceptors (Lipinski definition) is 2. The molecule has 0 atom stereocenters. The lowest BCUT2D eigenvalue weighted by Gasteiger charge is -2.13. The maximum atomic E-state index is 12.5. The molecule has 3 nitrogen and oxygen atoms in total. The van der Waals surface area contributed by atoms with E-state index in [9.17, 15) is 13.2 Å². The first-order valence-corrected chi connectivity index (χ1v) is 6.00. The molecule has 0 fully saturated rings. The van der Waals surface area contributed by atoms with E-state index in [0.29, 0.717) is 5.56 Å². The molecule has 2 heterocycles. The molecule has 2 N–H and O–H groups in total. The van der Waals surface area contributed by atoms with Gasteiger partial charge in [0.15, 0.2) is 0 Å². The van der Waals surface area contributed by atoms with Crippen LogP contribution in [0.25, 0.3) is 11.3 Å². The van der Waals surface area contributed by atoms with Crippen LogP contribution in [0.1, 0.15) is 16.8 Å². The van der Waals surface area contributed by atoms with Crippen LogP contribution >= 0.6 is 0 Å². The first-order chi connectivity index (χ1) is 9.05. The largest absolute Gasteiger partial charge is 0.416 e. The van der Waals surface area contributed by atoms with E-state index >= 15 is 0 Å². The van der Waals surface area contributed by atoms with E-state index in [1.807, 2.05) is 0 Å². The molecule has 100 valence electrons. The number of H-pyrrole nitrogens is 1. The summed E-state index contributed by atoms with van der Waals surface area (Å²) in [6, 6.07) is 5.14. The SMILES string of the molecule is FC(F)(F)c1ccc(-c2n[nH]c3c2CCNC3)cc1. The van der Waals surface area contributed by atoms with Gasteiger partial charge in [-0.2, -0.15) is 18.3 Å². The van der Waals surface area contributed by atoms with Crippen molar-refractivity contribution in [2.24, 2.45) is 0 Å². The molecule has 0 amide bonds. The number of rotatable bonds is 1. The summed E-state index contributed by atoms with van der Waals surface area (Å²) in [5.41, 5.74) is 2.94. The number of fused-ring (bicyclic) bond motifs is 1. The van der Waals surface area contributed by atoms with E-state index in [4.69, 9.17) is 0 Å². The van der Waals surface area contributed by atoms with Gasteiger partial charge in [-0.15, -0.1) is 0 Å². The van der Waals surface area contributed by atoms with E-state index in [0.717, 1.165) is 48.6 Å². The van der Waals surface area contributed by atoms with Gasteiger partial charge in [0, 0.05) is 17.7 Å². The van der Waals surface area contributed by atoms with Crippen LogP contribution in [0.5, 0.6) is 0 Å². The molecule has 1 aromatic heterocycles. The number of nitrogens with zero attached hydrogens (tertiary/aromatic N) is 1. The fraction of sp³-hybridized carbons (Fsp3) is 0.308. The lowest BCUT2D eigenvalue weighted by atomic mass is 10.0. The average Bonchev–Trinajstić information content (AvgIpc) is 2.82. The van der Waals surface area contributed by atoms with E-state index < -0.39 is 11.7 Å². The number of aromatic amines is 1. The Hall–Kier alpha value is -1.82. The van der Waals surface area contributed by atoms with E-state index in [2.05, 4.69) is 15.5 Å². The monoisotopic (exact) mass is 267 g/mol. The van der Waals surface area contributed by atoms with Gasteiger partial charge in [-0.1, -0.05) is 12.1 Å². The first kappa shape index (κ1) is 12.2. The Morgan fingerprint density at radius 3 is 2.53 bits per heavy atom. The van der Waals surface area contributed by atoms with Gasteiger partial charge in [-0.05, 0) is 25.1 Å². The zero-order valence-corrected chi connectivity index (χ0v) is 10.0. The molecule has 19 heavy (non-hydrogen) atoms. The summed E-state index contributed by atoms with van der Waals surface area (Å²) in [5, 5.41) is 10.4. The third kappa shape index (κ3) is 2.23. The predicted octanol–water partition coefficient (Wildman–Crippen LogP) is 2.74. The van der Waals surface area contributed by atoms with Gasteiger partial charge >= 0.3 is 6.18 Å². The van der Waals surface area contributed by atoms with Crippen LogP contribution in [0.15, 0.2) is 24.3 Å². The number of aromatic nitrogens is 2. The third-order valence-electron chi connectivity index (χ3n) is 3.29. The number of halogens is 3. The Morgan fingerprint density at radius 2 is 1.84 bits per heavy atom. The molecule has 6 heteroatoms. The molecule has 1 aliphatic rings. The number of hydrogen-bond donors (Lipinski definition) is 2. The van der Waals surface area contributed by atoms with Crippen LogP contribution in [0.2, 0.25) is 0 Å². The highest BCUT2D eigenvalue weighted by molar-refractivity contribution is 5.64. The highest BCUT2D eigenvalue weighted by Crippen LogP contribution is 2.32. The van der Waals surface area contributed by atoms with Crippen molar-refractivity contribution in [2.75, 3.05) is 6.54 Å². The molecule has 0 aliphatic carbocycles. The second-order valence-electron chi connectivity index (χ2n) is 4.53. The first-order valence-electron chi connectivity index (χ1n) is 6.00. The van der Waals surface area contributed by atoms with Crippen LogP contribution < -0.4 is 5.32 Å². The van der Waals surface area contributed by atoms with Crippen molar-refractivity contribution in [2.45, 2.75) is 19.1 Å². The maximum Gasteiger partial charge on any atom is 0.416 e. The topological polar surface area (TPSA) is 40.7 Å². The van der Waals surface area contributed by atoms with Gasteiger partial charge in [0.1, 0.15) is 0 Å². The molecule has 0 saturated heterocycles. The van der Waals surface area contributed by atoms with Crippen molar-refractivity contribution in [1.29, 1.82) is 0 Å². The molecule has 0 saturated carbocycles. The molecular formula is C13H12F3N3. The summed E-state index contributed by atoms with van der Waals surface area (Å²) in [5.74, 6) is 0. The van der Waals surface area contributed by atoms with Gasteiger partial charge in [0.05, 0.1) is 17.0 Å². The van der Waals surface area contributed by atoms with Crippen molar-refractivity contribution < 1.29 is 13.2 Å². The molecule has 0 bridgehead atoms. The normalized spacial score (nSPS) is 15.3. The quantitative estimate of drug-likeness (QED) is 0.834. The second kappa shape index (κ2) is 4.38. The summed E-state index contributed by atoms with van der Waals surface area (Å²) < 4.78 is 37.5. The Balaban J connectivity index is 1.97. The Morgan fingerprint density at radius 1 is 1.11 bits per heavy atom. The minimum absolute atomic E-state index is 0.637. The van der Waals surface area contributed by atoms with Crippen molar-refractivity contribution in [3.63, 3.8) is 0 Å². The van der Waals surface area contributed by atoms with Crippen LogP contribution in [0.3, 0.4) is 0 Å². The highest BCUT2D eigenvalue weighted by Gasteiger charge is 2.30. The zero-order chi connectivity index (χ0) is 13.5. The summed E-state index contributed by atoms with van der Waals surface area (Å²) in [4.78, 5) is 0. The zero-order valence-electron chi connectivity index (χ0n) is 10.0. The van der Waals surface area contributed by atoms with Crippen LogP contribution in [0, 0.1) is 0 Å². The summed E-state index contributed by atoms with van der Waals surface area (Å²) in [7, 11) is 0. The average molecular weight is 267 g/mol. The second-order valence-corrected chi connectivity index (χ2v) is 4.53. The lowest BCUT2D eigenvalue weighted by molar-refractivity contribution is -0.137. The fourth-order valence-corrected chi connectivity index (χ4v) is 2.30. The van der Waals surface area contributed by atoms with Crippen molar-refractivity contribution in [1.82, 2.24) is 15.5 Å². The van der Waals surface area contributed by atoms with E-state index in [1.54, 1.807) is 0 Å². The Labute approximate surface area is 107 Å². The number of benzene rings is 1. The Kier molecular flexibility index (Phi) is 2.82. The smallest absolute Gasteiger partial charge is 0.311 e. The Bertz CT molecular complexity index is 584. The molecule has 1 aliphatic heterocycles. The number of nitrogens with one attached hydrogen (secondary N) is 2. The van der Waals surface area contributed by atoms with Gasteiger partial charge in [-0.3, -0.25) is 5.10 Å². The molecule has 1 aromatic carbocycles. The maximum absolute atomic E-state index is 12.5. The molecule has 0 spiro atoms. The van der Waals surface area contributed by atoms with Crippen molar-refractivity contribution >= 4 is 0 Å². The van der Waals surface area contributed by atoms with Gasteiger partial charge in [-0.25, -0.2) is 0 Å². The lowest BCUT2D eigenvalue weighted by Crippen LogP contribution is -2.23. The molecule has 0 unspecified atom stereocenters. The summed E-state index contributed by atoms with van der Waals surface area (Å²) in [6.45, 7) is 1.59. The van der Waals surface area contributed by atoms with Crippen molar-refractivity contribution in [3.05, 3.63) is 41.1 Å². The van der Waals surface area contributed by atoms with Gasteiger partial charge < -0.3 is 5.32 Å². The molecular weight excluding hydrogens is 255 g/mol. The van der Waals surface area contributed by atoms with Gasteiger partial charge in [0.2, 0.25) is 0 Å². The molecule has 2 aromatic rings. The predicted molar refractivity (Wildman–Crippen MR) is 64.4 cm³/mol. The van der Waals surface area contributed by atoms with Crippen LogP contribution in [-0.2, 0) is 19.1 Å². The van der Waals surface area contributed by atoms with Crippen LogP contribution in [0.4, 0.5) is 13.2 Å². The number of alkyl halides is 3. The standard InChI is InChI=1S/C13H12F3N3/c14-13(15,16)9-3-1-8(2-4-9)12-10-5-6-17-7-11(10)18-19-12/h1-4,17H,5-7H2,(H,18,19). The van der Waals surface area contributed by atoms with Gasteiger partial charge in [0.25, 0.3) is 0 Å². The molecule has 3 rings (SSSR count). The summed E-state index contributed by atoms with van der Waals surface area (Å²) in [6.07, 6.45) is -3.46. The minimum Gasteiger partial charge on any atom is -0.311 e. The third-order valence-corrected chi connectivity index (χ3v) is 3.29. The van der Waals surface area contributed by atoms with E-state index in [-0.39, 0.29) is 0 Å². The van der Waals surface area contributed by atoms with Crippen LogP contribution in [-0.4, -0.2) is 16.7 Å².